The first kappa shape index (κ1) is 22.7. The van der Waals surface area contributed by atoms with E-state index < -0.39 is 10.0 Å². The maximum absolute atomic E-state index is 12.2. The molecule has 0 spiro atoms. The number of hydrogen-bond donors (Lipinski definition) is 2. The molecule has 0 saturated heterocycles. The van der Waals surface area contributed by atoms with Crippen molar-refractivity contribution in [1.82, 2.24) is 10.0 Å². The lowest BCUT2D eigenvalue weighted by Crippen LogP contribution is -2.30. The average Bonchev–Trinajstić information content (AvgIpc) is 2.69. The van der Waals surface area contributed by atoms with E-state index in [2.05, 4.69) is 10.0 Å². The SMILES string of the molecule is COc1cccc(OC)c1CNC(=O)CCc1ccc(S(=O)(=O)NC(C)C)cc1. The number of hydrogen-bond acceptors (Lipinski definition) is 5. The number of carbonyl (C=O) groups excluding carboxylic acids is 1. The lowest BCUT2D eigenvalue weighted by atomic mass is 10.1. The van der Waals surface area contributed by atoms with Crippen LogP contribution in [-0.4, -0.2) is 34.6 Å². The zero-order valence-electron chi connectivity index (χ0n) is 17.2. The highest BCUT2D eigenvalue weighted by molar-refractivity contribution is 7.89. The molecule has 1 amide bonds. The van der Waals surface area contributed by atoms with Gasteiger partial charge in [-0.3, -0.25) is 4.79 Å². The molecule has 2 aromatic rings. The van der Waals surface area contributed by atoms with Crippen molar-refractivity contribution in [2.24, 2.45) is 0 Å². The smallest absolute Gasteiger partial charge is 0.240 e. The van der Waals surface area contributed by atoms with Crippen LogP contribution in [0.4, 0.5) is 0 Å². The van der Waals surface area contributed by atoms with Crippen LogP contribution in [0.2, 0.25) is 0 Å². The maximum Gasteiger partial charge on any atom is 0.240 e. The van der Waals surface area contributed by atoms with Gasteiger partial charge in [0.15, 0.2) is 0 Å². The van der Waals surface area contributed by atoms with E-state index >= 15 is 0 Å². The highest BCUT2D eigenvalue weighted by Gasteiger charge is 2.15. The fourth-order valence-corrected chi connectivity index (χ4v) is 4.10. The van der Waals surface area contributed by atoms with Crippen molar-refractivity contribution in [3.63, 3.8) is 0 Å². The van der Waals surface area contributed by atoms with E-state index in [9.17, 15) is 13.2 Å². The lowest BCUT2D eigenvalue weighted by molar-refractivity contribution is -0.121. The monoisotopic (exact) mass is 420 g/mol. The van der Waals surface area contributed by atoms with Crippen molar-refractivity contribution in [1.29, 1.82) is 0 Å². The molecule has 0 aliphatic carbocycles. The van der Waals surface area contributed by atoms with Gasteiger partial charge in [0.1, 0.15) is 11.5 Å². The van der Waals surface area contributed by atoms with E-state index in [1.165, 1.54) is 0 Å². The number of amides is 1. The van der Waals surface area contributed by atoms with E-state index in [0.29, 0.717) is 24.5 Å². The molecule has 0 bridgehead atoms. The normalized spacial score (nSPS) is 11.3. The third-order valence-electron chi connectivity index (χ3n) is 4.26. The summed E-state index contributed by atoms with van der Waals surface area (Å²) in [5.74, 6) is 1.18. The maximum atomic E-state index is 12.2. The Morgan fingerprint density at radius 1 is 1.00 bits per heavy atom. The Morgan fingerprint density at radius 2 is 1.59 bits per heavy atom. The van der Waals surface area contributed by atoms with Gasteiger partial charge in [0, 0.05) is 12.5 Å². The minimum absolute atomic E-state index is 0.115. The first-order chi connectivity index (χ1) is 13.8. The molecule has 7 nitrogen and oxygen atoms in total. The molecule has 2 rings (SSSR count). The van der Waals surface area contributed by atoms with Crippen LogP contribution in [0.3, 0.4) is 0 Å². The Morgan fingerprint density at radius 3 is 2.10 bits per heavy atom. The van der Waals surface area contributed by atoms with Crippen LogP contribution in [0.15, 0.2) is 47.4 Å². The molecule has 0 heterocycles. The van der Waals surface area contributed by atoms with Crippen LogP contribution in [0.1, 0.15) is 31.4 Å². The molecule has 0 aliphatic heterocycles. The molecule has 2 N–H and O–H groups in total. The Bertz CT molecular complexity index is 902. The quantitative estimate of drug-likeness (QED) is 0.616. The number of carbonyl (C=O) groups is 1. The van der Waals surface area contributed by atoms with E-state index in [1.54, 1.807) is 52.3 Å². The molecular weight excluding hydrogens is 392 g/mol. The van der Waals surface area contributed by atoms with Crippen LogP contribution >= 0.6 is 0 Å². The number of sulfonamides is 1. The van der Waals surface area contributed by atoms with Gasteiger partial charge < -0.3 is 14.8 Å². The lowest BCUT2D eigenvalue weighted by Gasteiger charge is -2.13. The first-order valence-corrected chi connectivity index (χ1v) is 10.8. The van der Waals surface area contributed by atoms with Crippen molar-refractivity contribution < 1.29 is 22.7 Å². The van der Waals surface area contributed by atoms with Crippen molar-refractivity contribution in [3.05, 3.63) is 53.6 Å². The predicted octanol–water partition coefficient (Wildman–Crippen LogP) is 2.64. The van der Waals surface area contributed by atoms with Gasteiger partial charge in [-0.15, -0.1) is 0 Å². The van der Waals surface area contributed by atoms with Crippen molar-refractivity contribution in [2.75, 3.05) is 14.2 Å². The minimum Gasteiger partial charge on any atom is -0.496 e. The van der Waals surface area contributed by atoms with E-state index in [4.69, 9.17) is 9.47 Å². The third kappa shape index (κ3) is 6.47. The fraction of sp³-hybridized carbons (Fsp3) is 0.381. The number of rotatable bonds is 10. The van der Waals surface area contributed by atoms with Crippen molar-refractivity contribution in [3.8, 4) is 11.5 Å². The van der Waals surface area contributed by atoms with Gasteiger partial charge in [-0.1, -0.05) is 18.2 Å². The number of aryl methyl sites for hydroxylation is 1. The van der Waals surface area contributed by atoms with Crippen molar-refractivity contribution >= 4 is 15.9 Å². The van der Waals surface area contributed by atoms with Crippen LogP contribution in [-0.2, 0) is 27.8 Å². The molecule has 0 unspecified atom stereocenters. The molecule has 8 heteroatoms. The van der Waals surface area contributed by atoms with Gasteiger partial charge in [0.2, 0.25) is 15.9 Å². The van der Waals surface area contributed by atoms with Crippen LogP contribution in [0.25, 0.3) is 0 Å². The van der Waals surface area contributed by atoms with Gasteiger partial charge in [-0.05, 0) is 50.1 Å². The molecule has 0 atom stereocenters. The summed E-state index contributed by atoms with van der Waals surface area (Å²) in [5, 5.41) is 2.87. The molecule has 0 radical (unpaired) electrons. The van der Waals surface area contributed by atoms with Gasteiger partial charge >= 0.3 is 0 Å². The van der Waals surface area contributed by atoms with Gasteiger partial charge in [0.05, 0.1) is 31.2 Å². The van der Waals surface area contributed by atoms with Crippen LogP contribution in [0, 0.1) is 0 Å². The summed E-state index contributed by atoms with van der Waals surface area (Å²) in [6.07, 6.45) is 0.792. The van der Waals surface area contributed by atoms with Gasteiger partial charge in [-0.25, -0.2) is 13.1 Å². The second kappa shape index (κ2) is 10.3. The Balaban J connectivity index is 1.92. The Kier molecular flexibility index (Phi) is 8.04. The molecule has 0 saturated carbocycles. The van der Waals surface area contributed by atoms with Crippen LogP contribution in [0.5, 0.6) is 11.5 Å². The van der Waals surface area contributed by atoms with Gasteiger partial charge in [0.25, 0.3) is 0 Å². The summed E-state index contributed by atoms with van der Waals surface area (Å²) in [6.45, 7) is 3.83. The average molecular weight is 421 g/mol. The molecule has 2 aromatic carbocycles. The van der Waals surface area contributed by atoms with Crippen LogP contribution < -0.4 is 19.5 Å². The topological polar surface area (TPSA) is 93.7 Å². The summed E-state index contributed by atoms with van der Waals surface area (Å²) >= 11 is 0. The molecule has 0 aliphatic rings. The van der Waals surface area contributed by atoms with Gasteiger partial charge in [-0.2, -0.15) is 0 Å². The van der Waals surface area contributed by atoms with E-state index in [-0.39, 0.29) is 23.3 Å². The zero-order chi connectivity index (χ0) is 21.4. The Hall–Kier alpha value is -2.58. The molecule has 0 aromatic heterocycles. The number of nitrogens with one attached hydrogen (secondary N) is 2. The second-order valence-electron chi connectivity index (χ2n) is 6.84. The van der Waals surface area contributed by atoms with E-state index in [1.807, 2.05) is 18.2 Å². The third-order valence-corrected chi connectivity index (χ3v) is 5.93. The summed E-state index contributed by atoms with van der Waals surface area (Å²) in [6, 6.07) is 11.8. The zero-order valence-corrected chi connectivity index (χ0v) is 18.0. The second-order valence-corrected chi connectivity index (χ2v) is 8.55. The standard InChI is InChI=1S/C21H28N2O5S/c1-15(2)23-29(25,26)17-11-8-16(9-12-17)10-13-21(24)22-14-18-19(27-3)6-5-7-20(18)28-4/h5-9,11-12,15,23H,10,13-14H2,1-4H3,(H,22,24). The first-order valence-electron chi connectivity index (χ1n) is 9.34. The fourth-order valence-electron chi connectivity index (χ4n) is 2.85. The molecule has 29 heavy (non-hydrogen) atoms. The number of ether oxygens (including phenoxy) is 2. The van der Waals surface area contributed by atoms with E-state index in [0.717, 1.165) is 11.1 Å². The summed E-state index contributed by atoms with van der Waals surface area (Å²) < 4.78 is 37.5. The molecule has 158 valence electrons. The highest BCUT2D eigenvalue weighted by atomic mass is 32.2. The Labute approximate surface area is 172 Å². The summed E-state index contributed by atoms with van der Waals surface area (Å²) in [5.41, 5.74) is 1.66. The summed E-state index contributed by atoms with van der Waals surface area (Å²) in [7, 11) is -0.373. The predicted molar refractivity (Wildman–Crippen MR) is 112 cm³/mol. The number of methoxy groups -OCH3 is 2. The molecule has 0 fully saturated rings. The minimum atomic E-state index is -3.51. The summed E-state index contributed by atoms with van der Waals surface area (Å²) in [4.78, 5) is 12.4. The molecular formula is C21H28N2O5S. The highest BCUT2D eigenvalue weighted by Crippen LogP contribution is 2.27. The number of benzene rings is 2. The largest absolute Gasteiger partial charge is 0.496 e. The van der Waals surface area contributed by atoms with Crippen molar-refractivity contribution in [2.45, 2.75) is 44.2 Å².